The fourth-order valence-corrected chi connectivity index (χ4v) is 4.91. The third kappa shape index (κ3) is 3.04. The Labute approximate surface area is 186 Å². The van der Waals surface area contributed by atoms with Crippen LogP contribution in [0.2, 0.25) is 5.02 Å². The number of aromatic nitrogens is 1. The average molecular weight is 453 g/mol. The SMILES string of the molecule is COc1ccc(C2c3c(oc4ccc(Cl)cc4c3=O)C(=O)N2c2nc(C)c(C)s2)cc1. The number of anilines is 1. The van der Waals surface area contributed by atoms with Gasteiger partial charge >= 0.3 is 0 Å². The van der Waals surface area contributed by atoms with Crippen molar-refractivity contribution in [3.05, 3.63) is 85.2 Å². The molecule has 31 heavy (non-hydrogen) atoms. The van der Waals surface area contributed by atoms with E-state index in [4.69, 9.17) is 20.8 Å². The molecule has 1 aliphatic rings. The molecule has 2 aromatic heterocycles. The number of halogens is 1. The number of nitrogens with zero attached hydrogens (tertiary/aromatic N) is 2. The van der Waals surface area contributed by atoms with Crippen molar-refractivity contribution in [3.8, 4) is 5.75 Å². The zero-order chi connectivity index (χ0) is 21.9. The fourth-order valence-electron chi connectivity index (χ4n) is 3.80. The van der Waals surface area contributed by atoms with Gasteiger partial charge in [0.25, 0.3) is 5.91 Å². The van der Waals surface area contributed by atoms with Crippen molar-refractivity contribution in [2.75, 3.05) is 12.0 Å². The molecule has 1 atom stereocenters. The first kappa shape index (κ1) is 19.8. The van der Waals surface area contributed by atoms with Gasteiger partial charge in [-0.15, -0.1) is 11.3 Å². The van der Waals surface area contributed by atoms with Crippen molar-refractivity contribution in [1.29, 1.82) is 0 Å². The molecular weight excluding hydrogens is 436 g/mol. The Hall–Kier alpha value is -3.16. The highest BCUT2D eigenvalue weighted by Gasteiger charge is 2.45. The lowest BCUT2D eigenvalue weighted by Gasteiger charge is -2.22. The lowest BCUT2D eigenvalue weighted by atomic mass is 9.98. The Kier molecular flexibility index (Phi) is 4.60. The maximum Gasteiger partial charge on any atom is 0.297 e. The van der Waals surface area contributed by atoms with Crippen LogP contribution >= 0.6 is 22.9 Å². The minimum Gasteiger partial charge on any atom is -0.497 e. The van der Waals surface area contributed by atoms with Crippen molar-refractivity contribution in [1.82, 2.24) is 4.98 Å². The highest BCUT2D eigenvalue weighted by atomic mass is 35.5. The fraction of sp³-hybridized carbons (Fsp3) is 0.174. The van der Waals surface area contributed by atoms with Gasteiger partial charge in [0.05, 0.1) is 29.8 Å². The van der Waals surface area contributed by atoms with E-state index in [1.54, 1.807) is 42.3 Å². The predicted octanol–water partition coefficient (Wildman–Crippen LogP) is 5.28. The van der Waals surface area contributed by atoms with Crippen LogP contribution < -0.4 is 15.1 Å². The molecule has 1 unspecified atom stereocenters. The quantitative estimate of drug-likeness (QED) is 0.423. The van der Waals surface area contributed by atoms with Crippen molar-refractivity contribution < 1.29 is 13.9 Å². The van der Waals surface area contributed by atoms with Gasteiger partial charge in [-0.25, -0.2) is 4.98 Å². The number of rotatable bonds is 3. The number of fused-ring (bicyclic) bond motifs is 2. The number of thiazole rings is 1. The minimum atomic E-state index is -0.669. The number of hydrogen-bond acceptors (Lipinski definition) is 6. The van der Waals surface area contributed by atoms with E-state index in [9.17, 15) is 9.59 Å². The third-order valence-electron chi connectivity index (χ3n) is 5.49. The summed E-state index contributed by atoms with van der Waals surface area (Å²) in [5.41, 5.74) is 1.93. The van der Waals surface area contributed by atoms with E-state index in [1.165, 1.54) is 11.3 Å². The maximum atomic E-state index is 13.5. The highest BCUT2D eigenvalue weighted by molar-refractivity contribution is 7.15. The molecule has 8 heteroatoms. The van der Waals surface area contributed by atoms with Crippen LogP contribution in [0.3, 0.4) is 0 Å². The molecule has 0 spiro atoms. The monoisotopic (exact) mass is 452 g/mol. The van der Waals surface area contributed by atoms with Crippen LogP contribution in [0.1, 0.15) is 38.3 Å². The summed E-state index contributed by atoms with van der Waals surface area (Å²) in [6, 6.07) is 11.4. The van der Waals surface area contributed by atoms with E-state index in [-0.39, 0.29) is 16.8 Å². The largest absolute Gasteiger partial charge is 0.497 e. The van der Waals surface area contributed by atoms with E-state index in [1.807, 2.05) is 26.0 Å². The van der Waals surface area contributed by atoms with Crippen LogP contribution in [0.25, 0.3) is 11.0 Å². The molecule has 0 fully saturated rings. The molecule has 6 nitrogen and oxygen atoms in total. The summed E-state index contributed by atoms with van der Waals surface area (Å²) >= 11 is 7.53. The van der Waals surface area contributed by atoms with Gasteiger partial charge in [-0.1, -0.05) is 23.7 Å². The van der Waals surface area contributed by atoms with Crippen molar-refractivity contribution in [3.63, 3.8) is 0 Å². The summed E-state index contributed by atoms with van der Waals surface area (Å²) in [7, 11) is 1.58. The van der Waals surface area contributed by atoms with Gasteiger partial charge < -0.3 is 9.15 Å². The summed E-state index contributed by atoms with van der Waals surface area (Å²) in [5.74, 6) is 0.322. The summed E-state index contributed by atoms with van der Waals surface area (Å²) < 4.78 is 11.2. The summed E-state index contributed by atoms with van der Waals surface area (Å²) in [6.45, 7) is 3.84. The van der Waals surface area contributed by atoms with Crippen LogP contribution in [0.4, 0.5) is 5.13 Å². The number of hydrogen-bond donors (Lipinski definition) is 0. The Morgan fingerprint density at radius 2 is 1.87 bits per heavy atom. The Morgan fingerprint density at radius 1 is 1.13 bits per heavy atom. The van der Waals surface area contributed by atoms with Gasteiger partial charge in [0.15, 0.2) is 10.6 Å². The zero-order valence-corrected chi connectivity index (χ0v) is 18.5. The molecule has 0 aliphatic carbocycles. The van der Waals surface area contributed by atoms with Gasteiger partial charge in [-0.2, -0.15) is 0 Å². The number of methoxy groups -OCH3 is 1. The Balaban J connectivity index is 1.80. The van der Waals surface area contributed by atoms with Crippen LogP contribution in [0.15, 0.2) is 51.7 Å². The molecule has 0 bridgehead atoms. The first-order chi connectivity index (χ1) is 14.9. The second kappa shape index (κ2) is 7.21. The predicted molar refractivity (Wildman–Crippen MR) is 121 cm³/mol. The number of carbonyl (C=O) groups is 1. The average Bonchev–Trinajstić information content (AvgIpc) is 3.25. The molecule has 0 N–H and O–H groups in total. The molecular formula is C23H17ClN2O4S. The summed E-state index contributed by atoms with van der Waals surface area (Å²) in [6.07, 6.45) is 0. The molecule has 0 saturated carbocycles. The van der Waals surface area contributed by atoms with Crippen LogP contribution in [0, 0.1) is 13.8 Å². The Bertz CT molecular complexity index is 1390. The van der Waals surface area contributed by atoms with Gasteiger partial charge in [0.2, 0.25) is 5.76 Å². The van der Waals surface area contributed by atoms with E-state index >= 15 is 0 Å². The normalized spacial score (nSPS) is 15.5. The number of amides is 1. The van der Waals surface area contributed by atoms with Crippen LogP contribution in [0.5, 0.6) is 5.75 Å². The number of ether oxygens (including phenoxy) is 1. The second-order valence-electron chi connectivity index (χ2n) is 7.30. The Morgan fingerprint density at radius 3 is 2.52 bits per heavy atom. The first-order valence-corrected chi connectivity index (χ1v) is 10.8. The van der Waals surface area contributed by atoms with Gasteiger partial charge in [-0.3, -0.25) is 14.5 Å². The highest BCUT2D eigenvalue weighted by Crippen LogP contribution is 2.43. The van der Waals surface area contributed by atoms with Crippen LogP contribution in [-0.2, 0) is 0 Å². The molecule has 1 aliphatic heterocycles. The number of carbonyl (C=O) groups excluding carboxylic acids is 1. The smallest absolute Gasteiger partial charge is 0.297 e. The standard InChI is InChI=1S/C23H17ClN2O4S/c1-11-12(2)31-23(25-11)26-19(13-4-7-15(29-3)8-5-13)18-20(27)16-10-14(24)6-9-17(16)30-21(18)22(26)28/h4-10,19H,1-3H3. The van der Waals surface area contributed by atoms with Crippen LogP contribution in [-0.4, -0.2) is 18.0 Å². The maximum absolute atomic E-state index is 13.5. The summed E-state index contributed by atoms with van der Waals surface area (Å²) in [5, 5.41) is 1.28. The van der Waals surface area contributed by atoms with Gasteiger partial charge in [0.1, 0.15) is 11.3 Å². The lowest BCUT2D eigenvalue weighted by Crippen LogP contribution is -2.29. The molecule has 5 rings (SSSR count). The molecule has 0 saturated heterocycles. The molecule has 2 aromatic carbocycles. The van der Waals surface area contributed by atoms with E-state index in [0.29, 0.717) is 26.9 Å². The zero-order valence-electron chi connectivity index (χ0n) is 16.9. The molecule has 156 valence electrons. The van der Waals surface area contributed by atoms with Crippen molar-refractivity contribution in [2.45, 2.75) is 19.9 Å². The molecule has 0 radical (unpaired) electrons. The van der Waals surface area contributed by atoms with E-state index in [0.717, 1.165) is 16.1 Å². The molecule has 4 aromatic rings. The van der Waals surface area contributed by atoms with E-state index in [2.05, 4.69) is 4.98 Å². The third-order valence-corrected chi connectivity index (χ3v) is 6.79. The number of benzene rings is 2. The van der Waals surface area contributed by atoms with E-state index < -0.39 is 11.9 Å². The second-order valence-corrected chi connectivity index (χ2v) is 8.92. The van der Waals surface area contributed by atoms with Gasteiger partial charge in [0, 0.05) is 9.90 Å². The molecule has 1 amide bonds. The molecule has 3 heterocycles. The van der Waals surface area contributed by atoms with Gasteiger partial charge in [-0.05, 0) is 49.7 Å². The topological polar surface area (TPSA) is 72.6 Å². The van der Waals surface area contributed by atoms with Crippen molar-refractivity contribution in [2.24, 2.45) is 0 Å². The summed E-state index contributed by atoms with van der Waals surface area (Å²) in [4.78, 5) is 34.2. The lowest BCUT2D eigenvalue weighted by molar-refractivity contribution is 0.0971. The first-order valence-electron chi connectivity index (χ1n) is 9.57. The van der Waals surface area contributed by atoms with Crippen molar-refractivity contribution >= 4 is 44.9 Å². The number of aryl methyl sites for hydroxylation is 2. The minimum absolute atomic E-state index is 0.0335.